The molecule has 112 valence electrons. The minimum Gasteiger partial charge on any atom is -0.338 e. The molecule has 0 aromatic heterocycles. The first-order valence-electron chi connectivity index (χ1n) is 6.32. The Morgan fingerprint density at radius 3 is 2.33 bits per heavy atom. The van der Waals surface area contributed by atoms with Crippen LogP contribution < -0.4 is 0 Å². The zero-order valence-corrected chi connectivity index (χ0v) is 13.7. The Morgan fingerprint density at radius 2 is 1.90 bits per heavy atom. The number of hydrogen-bond donors (Lipinski definition) is 0. The highest BCUT2D eigenvalue weighted by Crippen LogP contribution is 2.34. The monoisotopic (exact) mass is 374 g/mol. The molecule has 0 spiro atoms. The number of carbonyl (C=O) groups excluding carboxylic acids is 1. The Bertz CT molecular complexity index is 586. The Hall–Kier alpha value is -1.13. The molecule has 1 amide bonds. The van der Waals surface area contributed by atoms with Crippen LogP contribution in [-0.2, 0) is 0 Å². The summed E-state index contributed by atoms with van der Waals surface area (Å²) >= 11 is 4.44. The lowest BCUT2D eigenvalue weighted by molar-refractivity contribution is 0.0706. The van der Waals surface area contributed by atoms with Gasteiger partial charge in [0.05, 0.1) is 6.07 Å². The molecule has 0 aliphatic carbocycles. The third-order valence-electron chi connectivity index (χ3n) is 3.67. The Kier molecular flexibility index (Phi) is 4.89. The van der Waals surface area contributed by atoms with Gasteiger partial charge in [-0.2, -0.15) is 5.26 Å². The van der Waals surface area contributed by atoms with E-state index in [9.17, 15) is 18.8 Å². The van der Waals surface area contributed by atoms with E-state index in [4.69, 9.17) is 0 Å². The second-order valence-electron chi connectivity index (χ2n) is 4.85. The van der Waals surface area contributed by atoms with Crippen molar-refractivity contribution in [2.45, 2.75) is 17.6 Å². The summed E-state index contributed by atoms with van der Waals surface area (Å²) in [7, 11) is 0. The number of rotatable bonds is 2. The van der Waals surface area contributed by atoms with Crippen LogP contribution in [0.4, 0.5) is 8.78 Å². The fraction of sp³-hybridized carbons (Fsp3) is 0.429. The van der Waals surface area contributed by atoms with Crippen LogP contribution in [-0.4, -0.2) is 34.9 Å². The summed E-state index contributed by atoms with van der Waals surface area (Å²) in [6.45, 7) is 0.643. The molecule has 0 saturated carbocycles. The Balaban J connectivity index is 2.19. The predicted molar refractivity (Wildman–Crippen MR) is 81.1 cm³/mol. The molecular weight excluding hydrogens is 362 g/mol. The van der Waals surface area contributed by atoms with E-state index in [1.807, 2.05) is 6.26 Å². The number of likely N-dealkylation sites (tertiary alicyclic amines) is 1. The van der Waals surface area contributed by atoms with Gasteiger partial charge in [-0.1, -0.05) is 15.9 Å². The molecule has 1 aliphatic heterocycles. The molecule has 0 N–H and O–H groups in total. The van der Waals surface area contributed by atoms with E-state index >= 15 is 0 Å². The molecule has 21 heavy (non-hydrogen) atoms. The molecule has 0 atom stereocenters. The van der Waals surface area contributed by atoms with E-state index in [1.165, 1.54) is 16.7 Å². The largest absolute Gasteiger partial charge is 0.338 e. The minimum absolute atomic E-state index is 0.249. The van der Waals surface area contributed by atoms with Gasteiger partial charge in [0.1, 0.15) is 21.9 Å². The van der Waals surface area contributed by atoms with Crippen LogP contribution in [0.2, 0.25) is 0 Å². The number of thioether (sulfide) groups is 1. The van der Waals surface area contributed by atoms with Gasteiger partial charge >= 0.3 is 0 Å². The normalized spacial score (nSPS) is 17.4. The summed E-state index contributed by atoms with van der Waals surface area (Å²) in [6, 6.07) is 4.41. The van der Waals surface area contributed by atoms with Crippen molar-refractivity contribution in [2.75, 3.05) is 19.3 Å². The van der Waals surface area contributed by atoms with Crippen LogP contribution in [0.5, 0.6) is 0 Å². The first kappa shape index (κ1) is 16.2. The number of nitriles is 1. The molecule has 1 heterocycles. The van der Waals surface area contributed by atoms with Crippen molar-refractivity contribution in [3.05, 3.63) is 33.8 Å². The van der Waals surface area contributed by atoms with Crippen molar-refractivity contribution < 1.29 is 13.6 Å². The number of nitrogens with zero attached hydrogens (tertiary/aromatic N) is 2. The van der Waals surface area contributed by atoms with Gasteiger partial charge < -0.3 is 4.90 Å². The smallest absolute Gasteiger partial charge is 0.259 e. The lowest BCUT2D eigenvalue weighted by Crippen LogP contribution is -2.44. The number of piperidine rings is 1. The SMILES string of the molecule is CSC1(C#N)CCN(C(=O)c2c(F)cc(Br)cc2F)CC1. The minimum atomic E-state index is -0.881. The fourth-order valence-corrected chi connectivity index (χ4v) is 3.42. The zero-order chi connectivity index (χ0) is 15.6. The molecule has 7 heteroatoms. The highest BCUT2D eigenvalue weighted by molar-refractivity contribution is 9.10. The summed E-state index contributed by atoms with van der Waals surface area (Å²) < 4.78 is 27.4. The highest BCUT2D eigenvalue weighted by atomic mass is 79.9. The van der Waals surface area contributed by atoms with Crippen LogP contribution in [0.15, 0.2) is 16.6 Å². The number of halogens is 3. The van der Waals surface area contributed by atoms with Crippen LogP contribution in [0, 0.1) is 23.0 Å². The number of hydrogen-bond acceptors (Lipinski definition) is 3. The summed E-state index contributed by atoms with van der Waals surface area (Å²) in [5, 5.41) is 9.20. The van der Waals surface area contributed by atoms with E-state index in [0.717, 1.165) is 12.1 Å². The van der Waals surface area contributed by atoms with Crippen molar-refractivity contribution in [2.24, 2.45) is 0 Å². The molecule has 1 aromatic rings. The lowest BCUT2D eigenvalue weighted by atomic mass is 9.96. The van der Waals surface area contributed by atoms with E-state index in [1.54, 1.807) is 0 Å². The van der Waals surface area contributed by atoms with Crippen molar-refractivity contribution in [3.8, 4) is 6.07 Å². The van der Waals surface area contributed by atoms with E-state index in [0.29, 0.717) is 25.9 Å². The molecular formula is C14H13BrF2N2OS. The van der Waals surface area contributed by atoms with Gasteiger partial charge in [-0.3, -0.25) is 4.79 Å². The summed E-state index contributed by atoms with van der Waals surface area (Å²) in [5.74, 6) is -2.42. The summed E-state index contributed by atoms with van der Waals surface area (Å²) in [4.78, 5) is 13.7. The molecule has 0 unspecified atom stereocenters. The molecule has 0 radical (unpaired) electrons. The second kappa shape index (κ2) is 6.32. The number of amides is 1. The first-order chi connectivity index (χ1) is 9.92. The third kappa shape index (κ3) is 3.22. The topological polar surface area (TPSA) is 44.1 Å². The van der Waals surface area contributed by atoms with E-state index in [2.05, 4.69) is 22.0 Å². The van der Waals surface area contributed by atoms with E-state index in [-0.39, 0.29) is 4.47 Å². The van der Waals surface area contributed by atoms with Gasteiger partial charge in [0.2, 0.25) is 0 Å². The molecule has 0 bridgehead atoms. The lowest BCUT2D eigenvalue weighted by Gasteiger charge is -2.36. The van der Waals surface area contributed by atoms with Crippen molar-refractivity contribution >= 4 is 33.6 Å². The van der Waals surface area contributed by atoms with Gasteiger partial charge in [0, 0.05) is 17.6 Å². The number of benzene rings is 1. The van der Waals surface area contributed by atoms with Crippen LogP contribution in [0.1, 0.15) is 23.2 Å². The molecule has 2 rings (SSSR count). The van der Waals surface area contributed by atoms with Gasteiger partial charge in [-0.05, 0) is 31.2 Å². The van der Waals surface area contributed by atoms with Gasteiger partial charge in [-0.25, -0.2) is 8.78 Å². The molecule has 1 aliphatic rings. The van der Waals surface area contributed by atoms with Crippen LogP contribution >= 0.6 is 27.7 Å². The predicted octanol–water partition coefficient (Wildman–Crippen LogP) is 3.59. The van der Waals surface area contributed by atoms with Gasteiger partial charge in [-0.15, -0.1) is 11.8 Å². The second-order valence-corrected chi connectivity index (χ2v) is 6.95. The standard InChI is InChI=1S/C14H13BrF2N2OS/c1-21-14(8-18)2-4-19(5-3-14)13(20)12-10(16)6-9(15)7-11(12)17/h6-7H,2-5H2,1H3. The fourth-order valence-electron chi connectivity index (χ4n) is 2.34. The third-order valence-corrected chi connectivity index (χ3v) is 5.41. The van der Waals surface area contributed by atoms with Crippen LogP contribution in [0.3, 0.4) is 0 Å². The quantitative estimate of drug-likeness (QED) is 0.794. The summed E-state index contributed by atoms with van der Waals surface area (Å²) in [6.07, 6.45) is 2.85. The maximum Gasteiger partial charge on any atom is 0.259 e. The Labute approximate surface area is 134 Å². The maximum absolute atomic E-state index is 13.8. The number of carbonyl (C=O) groups is 1. The molecule has 1 aromatic carbocycles. The highest BCUT2D eigenvalue weighted by Gasteiger charge is 2.36. The Morgan fingerprint density at radius 1 is 1.38 bits per heavy atom. The maximum atomic E-state index is 13.8. The summed E-state index contributed by atoms with van der Waals surface area (Å²) in [5.41, 5.74) is -0.535. The molecule has 1 saturated heterocycles. The van der Waals surface area contributed by atoms with Crippen molar-refractivity contribution in [3.63, 3.8) is 0 Å². The average Bonchev–Trinajstić information content (AvgIpc) is 2.46. The van der Waals surface area contributed by atoms with Crippen molar-refractivity contribution in [1.82, 2.24) is 4.90 Å². The van der Waals surface area contributed by atoms with Crippen LogP contribution in [0.25, 0.3) is 0 Å². The zero-order valence-electron chi connectivity index (χ0n) is 11.3. The molecule has 3 nitrogen and oxygen atoms in total. The van der Waals surface area contributed by atoms with Crippen molar-refractivity contribution in [1.29, 1.82) is 5.26 Å². The van der Waals surface area contributed by atoms with Gasteiger partial charge in [0.15, 0.2) is 0 Å². The average molecular weight is 375 g/mol. The first-order valence-corrected chi connectivity index (χ1v) is 8.34. The van der Waals surface area contributed by atoms with E-state index < -0.39 is 27.9 Å². The van der Waals surface area contributed by atoms with Gasteiger partial charge in [0.25, 0.3) is 5.91 Å². The molecule has 1 fully saturated rings.